The maximum absolute atomic E-state index is 5.97. The van der Waals surface area contributed by atoms with Gasteiger partial charge in [-0.25, -0.2) is 0 Å². The van der Waals surface area contributed by atoms with Gasteiger partial charge < -0.3 is 4.81 Å². The van der Waals surface area contributed by atoms with Gasteiger partial charge in [-0.1, -0.05) is 56.4 Å². The van der Waals surface area contributed by atoms with Gasteiger partial charge in [0.2, 0.25) is 7.41 Å². The van der Waals surface area contributed by atoms with Gasteiger partial charge in [-0.05, 0) is 30.3 Å². The molecule has 1 nitrogen and oxygen atoms in total. The SMILES string of the molecule is CC(C)N([B]c1cc(Cl)cc(Cl)c1)C(C)C. The normalized spacial score (nSPS) is 11.6. The van der Waals surface area contributed by atoms with Crippen LogP contribution in [0.5, 0.6) is 0 Å². The van der Waals surface area contributed by atoms with Crippen LogP contribution in [0.2, 0.25) is 10.0 Å². The summed E-state index contributed by atoms with van der Waals surface area (Å²) in [5, 5.41) is 1.34. The van der Waals surface area contributed by atoms with Crippen molar-refractivity contribution in [3.8, 4) is 0 Å². The van der Waals surface area contributed by atoms with Crippen LogP contribution in [0.4, 0.5) is 0 Å². The third-order valence-corrected chi connectivity index (χ3v) is 2.81. The van der Waals surface area contributed by atoms with Crippen LogP contribution in [0.15, 0.2) is 18.2 Å². The number of halogens is 2. The van der Waals surface area contributed by atoms with E-state index in [1.807, 2.05) is 12.1 Å². The van der Waals surface area contributed by atoms with Crippen molar-refractivity contribution in [2.24, 2.45) is 0 Å². The predicted molar refractivity (Wildman–Crippen MR) is 74.0 cm³/mol. The van der Waals surface area contributed by atoms with E-state index in [1.165, 1.54) is 0 Å². The van der Waals surface area contributed by atoms with E-state index < -0.39 is 0 Å². The topological polar surface area (TPSA) is 3.24 Å². The van der Waals surface area contributed by atoms with E-state index in [-0.39, 0.29) is 0 Å². The molecule has 1 rings (SSSR count). The minimum Gasteiger partial charge on any atom is -0.338 e. The third-order valence-electron chi connectivity index (χ3n) is 2.38. The Labute approximate surface area is 109 Å². The largest absolute Gasteiger partial charge is 0.338 e. The summed E-state index contributed by atoms with van der Waals surface area (Å²) in [6.45, 7) is 8.68. The quantitative estimate of drug-likeness (QED) is 0.747. The van der Waals surface area contributed by atoms with Crippen molar-refractivity contribution in [1.29, 1.82) is 0 Å². The molecule has 0 aliphatic heterocycles. The Morgan fingerprint density at radius 3 is 1.75 bits per heavy atom. The minimum atomic E-state index is 0.456. The molecule has 0 aliphatic rings. The molecule has 0 saturated carbocycles. The van der Waals surface area contributed by atoms with Crippen LogP contribution in [-0.2, 0) is 0 Å². The Morgan fingerprint density at radius 2 is 1.38 bits per heavy atom. The lowest BCUT2D eigenvalue weighted by atomic mass is 9.78. The Morgan fingerprint density at radius 1 is 0.938 bits per heavy atom. The lowest BCUT2D eigenvalue weighted by Gasteiger charge is -2.30. The zero-order valence-electron chi connectivity index (χ0n) is 10.2. The maximum atomic E-state index is 5.97. The molecule has 0 heterocycles. The van der Waals surface area contributed by atoms with E-state index in [9.17, 15) is 0 Å². The number of nitrogens with zero attached hydrogens (tertiary/aromatic N) is 1. The number of rotatable bonds is 4. The first-order valence-electron chi connectivity index (χ1n) is 5.48. The summed E-state index contributed by atoms with van der Waals surface area (Å²) in [6, 6.07) is 6.50. The summed E-state index contributed by atoms with van der Waals surface area (Å²) < 4.78 is 0. The summed E-state index contributed by atoms with van der Waals surface area (Å²) in [6.07, 6.45) is 0. The Kier molecular flexibility index (Phi) is 5.16. The van der Waals surface area contributed by atoms with Gasteiger partial charge in [-0.15, -0.1) is 0 Å². The highest BCUT2D eigenvalue weighted by Gasteiger charge is 2.15. The fraction of sp³-hybridized carbons (Fsp3) is 0.500. The van der Waals surface area contributed by atoms with E-state index in [1.54, 1.807) is 6.07 Å². The van der Waals surface area contributed by atoms with E-state index in [0.717, 1.165) is 5.46 Å². The van der Waals surface area contributed by atoms with Gasteiger partial charge in [-0.2, -0.15) is 0 Å². The van der Waals surface area contributed by atoms with Crippen LogP contribution >= 0.6 is 23.2 Å². The molecule has 1 aromatic rings. The second-order valence-electron chi connectivity index (χ2n) is 4.47. The van der Waals surface area contributed by atoms with E-state index in [4.69, 9.17) is 23.2 Å². The average Bonchev–Trinajstić information content (AvgIpc) is 2.11. The molecule has 1 aromatic carbocycles. The van der Waals surface area contributed by atoms with Crippen molar-refractivity contribution in [2.75, 3.05) is 0 Å². The summed E-state index contributed by atoms with van der Waals surface area (Å²) in [5.41, 5.74) is 1.04. The van der Waals surface area contributed by atoms with Crippen LogP contribution in [0.1, 0.15) is 27.7 Å². The van der Waals surface area contributed by atoms with Gasteiger partial charge in [-0.3, -0.25) is 0 Å². The highest BCUT2D eigenvalue weighted by Crippen LogP contribution is 2.14. The number of benzene rings is 1. The minimum absolute atomic E-state index is 0.456. The molecule has 0 amide bonds. The molecule has 1 radical (unpaired) electrons. The molecule has 16 heavy (non-hydrogen) atoms. The highest BCUT2D eigenvalue weighted by atomic mass is 35.5. The van der Waals surface area contributed by atoms with Crippen molar-refractivity contribution in [3.05, 3.63) is 28.2 Å². The number of hydrogen-bond donors (Lipinski definition) is 0. The van der Waals surface area contributed by atoms with E-state index >= 15 is 0 Å². The molecule has 4 heteroatoms. The van der Waals surface area contributed by atoms with Crippen LogP contribution in [0.3, 0.4) is 0 Å². The fourth-order valence-electron chi connectivity index (χ4n) is 1.72. The highest BCUT2D eigenvalue weighted by molar-refractivity contribution is 6.52. The first-order chi connectivity index (χ1) is 7.40. The molecule has 0 fully saturated rings. The summed E-state index contributed by atoms with van der Waals surface area (Å²) in [7, 11) is 2.10. The second kappa shape index (κ2) is 5.95. The van der Waals surface area contributed by atoms with Gasteiger partial charge in [0.1, 0.15) is 0 Å². The fourth-order valence-corrected chi connectivity index (χ4v) is 2.26. The lowest BCUT2D eigenvalue weighted by Crippen LogP contribution is -2.45. The molecule has 87 valence electrons. The molecule has 0 bridgehead atoms. The summed E-state index contributed by atoms with van der Waals surface area (Å²) >= 11 is 11.9. The van der Waals surface area contributed by atoms with Crippen LogP contribution in [-0.4, -0.2) is 24.3 Å². The second-order valence-corrected chi connectivity index (χ2v) is 5.34. The molecule has 0 N–H and O–H groups in total. The van der Waals surface area contributed by atoms with Crippen molar-refractivity contribution in [3.63, 3.8) is 0 Å². The van der Waals surface area contributed by atoms with Gasteiger partial charge in [0.15, 0.2) is 0 Å². The van der Waals surface area contributed by atoms with Gasteiger partial charge >= 0.3 is 0 Å². The molecule has 0 aliphatic carbocycles. The Balaban J connectivity index is 2.85. The average molecular weight is 257 g/mol. The lowest BCUT2D eigenvalue weighted by molar-refractivity contribution is 0.315. The van der Waals surface area contributed by atoms with Gasteiger partial charge in [0.25, 0.3) is 0 Å². The Bertz CT molecular complexity index is 325. The molecule has 0 unspecified atom stereocenters. The molecule has 0 saturated heterocycles. The molecule has 0 spiro atoms. The molecule has 0 atom stereocenters. The first-order valence-corrected chi connectivity index (χ1v) is 6.24. The molecule has 0 aromatic heterocycles. The van der Waals surface area contributed by atoms with Crippen molar-refractivity contribution >= 4 is 36.1 Å². The zero-order chi connectivity index (χ0) is 12.3. The van der Waals surface area contributed by atoms with Crippen molar-refractivity contribution < 1.29 is 0 Å². The molecular weight excluding hydrogens is 240 g/mol. The summed E-state index contributed by atoms with van der Waals surface area (Å²) in [4.78, 5) is 2.28. The maximum Gasteiger partial charge on any atom is 0.248 e. The predicted octanol–water partition coefficient (Wildman–Crippen LogP) is 3.36. The van der Waals surface area contributed by atoms with Crippen LogP contribution in [0.25, 0.3) is 0 Å². The Hall–Kier alpha value is -0.175. The van der Waals surface area contributed by atoms with Crippen LogP contribution in [0, 0.1) is 0 Å². The summed E-state index contributed by atoms with van der Waals surface area (Å²) in [5.74, 6) is 0. The molecular formula is C12H17BCl2N. The standard InChI is InChI=1S/C12H17BCl2N/c1-8(2)16(9(3)4)13-10-5-11(14)7-12(15)6-10/h5-9H,1-4H3. The first kappa shape index (κ1) is 13.9. The zero-order valence-corrected chi connectivity index (χ0v) is 11.7. The van der Waals surface area contributed by atoms with E-state index in [0.29, 0.717) is 22.1 Å². The van der Waals surface area contributed by atoms with Gasteiger partial charge in [0.05, 0.1) is 0 Å². The van der Waals surface area contributed by atoms with Gasteiger partial charge in [0, 0.05) is 10.0 Å². The smallest absolute Gasteiger partial charge is 0.248 e. The van der Waals surface area contributed by atoms with Crippen LogP contribution < -0.4 is 5.46 Å². The van der Waals surface area contributed by atoms with Crippen molar-refractivity contribution in [1.82, 2.24) is 4.81 Å². The van der Waals surface area contributed by atoms with Crippen molar-refractivity contribution in [2.45, 2.75) is 39.8 Å². The van der Waals surface area contributed by atoms with E-state index in [2.05, 4.69) is 39.9 Å². The third kappa shape index (κ3) is 4.01. The monoisotopic (exact) mass is 256 g/mol. The number of hydrogen-bond acceptors (Lipinski definition) is 1.